The molecule has 0 atom stereocenters. The number of nitriles is 1. The number of alkyl halides is 2. The third-order valence-electron chi connectivity index (χ3n) is 1.38. The Morgan fingerprint density at radius 1 is 1.62 bits per heavy atom. The lowest BCUT2D eigenvalue weighted by molar-refractivity contribution is 0.149. The van der Waals surface area contributed by atoms with Crippen molar-refractivity contribution in [2.24, 2.45) is 0 Å². The van der Waals surface area contributed by atoms with Gasteiger partial charge in [0.15, 0.2) is 0 Å². The lowest BCUT2D eigenvalue weighted by atomic mass is 10.2. The van der Waals surface area contributed by atoms with E-state index in [9.17, 15) is 13.6 Å². The Hall–Kier alpha value is -1.22. The molecule has 0 saturated carbocycles. The zero-order valence-corrected chi connectivity index (χ0v) is 7.73. The summed E-state index contributed by atoms with van der Waals surface area (Å²) in [6.07, 6.45) is -2.87. The molecule has 1 aromatic rings. The molecule has 0 aliphatic rings. The van der Waals surface area contributed by atoms with E-state index >= 15 is 0 Å². The van der Waals surface area contributed by atoms with Gasteiger partial charge in [0.1, 0.15) is 10.7 Å². The van der Waals surface area contributed by atoms with Crippen LogP contribution < -0.4 is 5.56 Å². The summed E-state index contributed by atoms with van der Waals surface area (Å²) in [4.78, 5) is 13.0. The Bertz CT molecular complexity index is 421. The second-order valence-electron chi connectivity index (χ2n) is 2.19. The van der Waals surface area contributed by atoms with E-state index in [1.807, 2.05) is 0 Å². The van der Waals surface area contributed by atoms with Crippen LogP contribution in [-0.4, -0.2) is 4.98 Å². The smallest absolute Gasteiger partial charge is 0.269 e. The summed E-state index contributed by atoms with van der Waals surface area (Å²) in [5.74, 6) is 0. The molecule has 0 spiro atoms. The van der Waals surface area contributed by atoms with Crippen molar-refractivity contribution in [2.75, 3.05) is 0 Å². The van der Waals surface area contributed by atoms with Gasteiger partial charge in [0.25, 0.3) is 12.0 Å². The van der Waals surface area contributed by atoms with Crippen molar-refractivity contribution in [3.8, 4) is 6.07 Å². The topological polar surface area (TPSA) is 56.6 Å². The van der Waals surface area contributed by atoms with Crippen molar-refractivity contribution >= 4 is 15.9 Å². The van der Waals surface area contributed by atoms with Gasteiger partial charge in [-0.25, -0.2) is 8.78 Å². The molecule has 68 valence electrons. The van der Waals surface area contributed by atoms with Crippen molar-refractivity contribution in [1.29, 1.82) is 5.26 Å². The van der Waals surface area contributed by atoms with Gasteiger partial charge in [-0.2, -0.15) is 5.26 Å². The highest BCUT2D eigenvalue weighted by atomic mass is 79.9. The van der Waals surface area contributed by atoms with Crippen molar-refractivity contribution in [1.82, 2.24) is 4.98 Å². The number of halogens is 3. The molecule has 0 bridgehead atoms. The van der Waals surface area contributed by atoms with Crippen LogP contribution in [0.4, 0.5) is 8.78 Å². The Morgan fingerprint density at radius 2 is 2.23 bits per heavy atom. The molecule has 1 heterocycles. The summed E-state index contributed by atoms with van der Waals surface area (Å²) in [6.45, 7) is 0. The van der Waals surface area contributed by atoms with Crippen LogP contribution in [0.2, 0.25) is 0 Å². The number of H-pyrrole nitrogens is 1. The fourth-order valence-electron chi connectivity index (χ4n) is 0.767. The SMILES string of the molecule is N#Cc1cc(C(F)F)c(=O)[nH]c1Br. The minimum atomic E-state index is -2.87. The molecule has 0 unspecified atom stereocenters. The van der Waals surface area contributed by atoms with E-state index in [-0.39, 0.29) is 10.2 Å². The average molecular weight is 249 g/mol. The number of nitrogens with one attached hydrogen (secondary N) is 1. The quantitative estimate of drug-likeness (QED) is 0.773. The first-order valence-corrected chi connectivity index (χ1v) is 3.96. The maximum atomic E-state index is 12.1. The number of rotatable bonds is 1. The highest BCUT2D eigenvalue weighted by Crippen LogP contribution is 2.18. The molecule has 0 aliphatic heterocycles. The van der Waals surface area contributed by atoms with Gasteiger partial charge < -0.3 is 4.98 Å². The summed E-state index contributed by atoms with van der Waals surface area (Å²) in [6, 6.07) is 2.54. The van der Waals surface area contributed by atoms with Crippen LogP contribution >= 0.6 is 15.9 Å². The zero-order chi connectivity index (χ0) is 10.0. The van der Waals surface area contributed by atoms with Crippen LogP contribution in [-0.2, 0) is 0 Å². The summed E-state index contributed by atoms with van der Waals surface area (Å²) >= 11 is 2.87. The van der Waals surface area contributed by atoms with E-state index in [1.54, 1.807) is 6.07 Å². The molecule has 13 heavy (non-hydrogen) atoms. The van der Waals surface area contributed by atoms with Crippen molar-refractivity contribution in [2.45, 2.75) is 6.43 Å². The molecule has 0 fully saturated rings. The average Bonchev–Trinajstić information content (AvgIpc) is 2.03. The highest BCUT2D eigenvalue weighted by Gasteiger charge is 2.14. The maximum absolute atomic E-state index is 12.1. The molecule has 1 aromatic heterocycles. The first kappa shape index (κ1) is 9.86. The standard InChI is InChI=1S/C7H3BrF2N2O/c8-5-3(2-11)1-4(6(9)10)7(13)12-5/h1,6H,(H,12,13). The summed E-state index contributed by atoms with van der Waals surface area (Å²) in [5.41, 5.74) is -1.60. The molecule has 0 amide bonds. The van der Waals surface area contributed by atoms with Crippen LogP contribution in [0.5, 0.6) is 0 Å². The van der Waals surface area contributed by atoms with Crippen LogP contribution in [0.1, 0.15) is 17.6 Å². The number of aromatic amines is 1. The van der Waals surface area contributed by atoms with Gasteiger partial charge in [-0.15, -0.1) is 0 Å². The van der Waals surface area contributed by atoms with E-state index in [0.29, 0.717) is 0 Å². The van der Waals surface area contributed by atoms with Gasteiger partial charge in [-0.3, -0.25) is 4.79 Å². The number of pyridine rings is 1. The monoisotopic (exact) mass is 248 g/mol. The molecule has 1 N–H and O–H groups in total. The third kappa shape index (κ3) is 1.92. The molecule has 6 heteroatoms. The Kier molecular flexibility index (Phi) is 2.78. The molecular formula is C7H3BrF2N2O. The Balaban J connectivity index is 3.42. The molecule has 0 aromatic carbocycles. The van der Waals surface area contributed by atoms with Gasteiger partial charge in [-0.05, 0) is 22.0 Å². The number of nitrogens with zero attached hydrogens (tertiary/aromatic N) is 1. The van der Waals surface area contributed by atoms with Crippen molar-refractivity contribution < 1.29 is 8.78 Å². The predicted molar refractivity (Wildman–Crippen MR) is 44.4 cm³/mol. The van der Waals surface area contributed by atoms with E-state index < -0.39 is 17.5 Å². The summed E-state index contributed by atoms with van der Waals surface area (Å²) < 4.78 is 24.4. The molecular weight excluding hydrogens is 246 g/mol. The normalized spacial score (nSPS) is 10.1. The fraction of sp³-hybridized carbons (Fsp3) is 0.143. The van der Waals surface area contributed by atoms with Gasteiger partial charge in [0.05, 0.1) is 11.1 Å². The number of hydrogen-bond acceptors (Lipinski definition) is 2. The van der Waals surface area contributed by atoms with E-state index in [4.69, 9.17) is 5.26 Å². The minimum Gasteiger partial charge on any atom is -0.315 e. The van der Waals surface area contributed by atoms with Crippen LogP contribution in [0.15, 0.2) is 15.5 Å². The van der Waals surface area contributed by atoms with Crippen LogP contribution in [0.3, 0.4) is 0 Å². The summed E-state index contributed by atoms with van der Waals surface area (Å²) in [5, 5.41) is 8.47. The predicted octanol–water partition coefficient (Wildman–Crippen LogP) is 1.95. The summed E-state index contributed by atoms with van der Waals surface area (Å²) in [7, 11) is 0. The zero-order valence-electron chi connectivity index (χ0n) is 6.14. The first-order chi connectivity index (χ1) is 6.06. The minimum absolute atomic E-state index is 0.0186. The second-order valence-corrected chi connectivity index (χ2v) is 2.99. The van der Waals surface area contributed by atoms with Crippen LogP contribution in [0.25, 0.3) is 0 Å². The van der Waals surface area contributed by atoms with E-state index in [1.165, 1.54) is 0 Å². The lowest BCUT2D eigenvalue weighted by Crippen LogP contribution is -2.13. The molecule has 0 aliphatic carbocycles. The van der Waals surface area contributed by atoms with Gasteiger partial charge in [0, 0.05) is 0 Å². The fourth-order valence-corrected chi connectivity index (χ4v) is 1.15. The van der Waals surface area contributed by atoms with Gasteiger partial charge in [-0.1, -0.05) is 0 Å². The molecule has 0 radical (unpaired) electrons. The third-order valence-corrected chi connectivity index (χ3v) is 2.00. The lowest BCUT2D eigenvalue weighted by Gasteiger charge is -1.99. The molecule has 1 rings (SSSR count). The Morgan fingerprint density at radius 3 is 2.69 bits per heavy atom. The first-order valence-electron chi connectivity index (χ1n) is 3.17. The van der Waals surface area contributed by atoms with Crippen molar-refractivity contribution in [3.05, 3.63) is 32.2 Å². The number of hydrogen-bond donors (Lipinski definition) is 1. The second kappa shape index (κ2) is 3.66. The van der Waals surface area contributed by atoms with E-state index in [2.05, 4.69) is 20.9 Å². The Labute approximate surface area is 80.1 Å². The van der Waals surface area contributed by atoms with Gasteiger partial charge >= 0.3 is 0 Å². The molecule has 3 nitrogen and oxygen atoms in total. The van der Waals surface area contributed by atoms with Gasteiger partial charge in [0.2, 0.25) is 0 Å². The maximum Gasteiger partial charge on any atom is 0.269 e. The molecule has 0 saturated heterocycles. The van der Waals surface area contributed by atoms with Crippen LogP contribution in [0, 0.1) is 11.3 Å². The number of aromatic nitrogens is 1. The van der Waals surface area contributed by atoms with Crippen molar-refractivity contribution in [3.63, 3.8) is 0 Å². The van der Waals surface area contributed by atoms with E-state index in [0.717, 1.165) is 6.07 Å². The highest BCUT2D eigenvalue weighted by molar-refractivity contribution is 9.10. The largest absolute Gasteiger partial charge is 0.315 e.